The second-order valence-corrected chi connectivity index (χ2v) is 5.66. The first kappa shape index (κ1) is 17.9. The fourth-order valence-electron chi connectivity index (χ4n) is 2.21. The van der Waals surface area contributed by atoms with Crippen molar-refractivity contribution in [3.63, 3.8) is 0 Å². The summed E-state index contributed by atoms with van der Waals surface area (Å²) in [4.78, 5) is 12.3. The first-order valence-corrected chi connectivity index (χ1v) is 7.92. The Bertz CT molecular complexity index is 692. The van der Waals surface area contributed by atoms with Crippen molar-refractivity contribution in [3.05, 3.63) is 53.1 Å². The molecule has 24 heavy (non-hydrogen) atoms. The molecule has 1 atom stereocenters. The fraction of sp³-hybridized carbons (Fsp3) is 0.278. The number of benzene rings is 2. The Hall–Kier alpha value is -2.40. The van der Waals surface area contributed by atoms with Gasteiger partial charge < -0.3 is 20.1 Å². The molecule has 0 fully saturated rings. The van der Waals surface area contributed by atoms with Crippen LogP contribution < -0.4 is 20.1 Å². The number of hydrogen-bond donors (Lipinski definition) is 2. The molecule has 0 heterocycles. The van der Waals surface area contributed by atoms with Crippen LogP contribution in [0.5, 0.6) is 11.5 Å². The van der Waals surface area contributed by atoms with Crippen molar-refractivity contribution in [1.82, 2.24) is 5.32 Å². The van der Waals surface area contributed by atoms with Gasteiger partial charge in [-0.05, 0) is 18.6 Å². The number of ether oxygens (including phenoxy) is 2. The van der Waals surface area contributed by atoms with Gasteiger partial charge in [0.25, 0.3) is 0 Å². The van der Waals surface area contributed by atoms with Gasteiger partial charge in [0.15, 0.2) is 0 Å². The van der Waals surface area contributed by atoms with Gasteiger partial charge in [0, 0.05) is 12.6 Å². The molecule has 0 unspecified atom stereocenters. The molecule has 0 aromatic heterocycles. The molecule has 5 nitrogen and oxygen atoms in total. The van der Waals surface area contributed by atoms with E-state index < -0.39 is 6.04 Å². The van der Waals surface area contributed by atoms with Crippen LogP contribution in [0.2, 0.25) is 5.02 Å². The predicted molar refractivity (Wildman–Crippen MR) is 95.9 cm³/mol. The van der Waals surface area contributed by atoms with Gasteiger partial charge in [0.1, 0.15) is 17.5 Å². The molecule has 0 radical (unpaired) electrons. The highest BCUT2D eigenvalue weighted by Crippen LogP contribution is 2.36. The molecule has 2 aromatic rings. The maximum Gasteiger partial charge on any atom is 0.242 e. The summed E-state index contributed by atoms with van der Waals surface area (Å²) in [6, 6.07) is 12.7. The second-order valence-electron chi connectivity index (χ2n) is 5.26. The maximum atomic E-state index is 12.3. The first-order chi connectivity index (χ1) is 11.5. The molecule has 0 aliphatic rings. The van der Waals surface area contributed by atoms with E-state index in [1.807, 2.05) is 30.3 Å². The SMILES string of the molecule is COc1cc(OC)c(N[C@H](C)C(=O)NCc2ccccc2)cc1Cl. The minimum absolute atomic E-state index is 0.118. The Morgan fingerprint density at radius 1 is 1.12 bits per heavy atom. The number of methoxy groups -OCH3 is 2. The van der Waals surface area contributed by atoms with Gasteiger partial charge in [-0.2, -0.15) is 0 Å². The molecule has 1 amide bonds. The lowest BCUT2D eigenvalue weighted by molar-refractivity contribution is -0.121. The number of nitrogens with one attached hydrogen (secondary N) is 2. The first-order valence-electron chi connectivity index (χ1n) is 7.55. The number of halogens is 1. The fourth-order valence-corrected chi connectivity index (χ4v) is 2.45. The van der Waals surface area contributed by atoms with Crippen molar-refractivity contribution in [2.45, 2.75) is 19.5 Å². The monoisotopic (exact) mass is 348 g/mol. The Morgan fingerprint density at radius 2 is 1.79 bits per heavy atom. The average molecular weight is 349 g/mol. The van der Waals surface area contributed by atoms with E-state index in [1.165, 1.54) is 7.11 Å². The summed E-state index contributed by atoms with van der Waals surface area (Å²) in [5, 5.41) is 6.45. The minimum Gasteiger partial charge on any atom is -0.495 e. The molecule has 6 heteroatoms. The number of carbonyl (C=O) groups excluding carboxylic acids is 1. The largest absolute Gasteiger partial charge is 0.495 e. The topological polar surface area (TPSA) is 59.6 Å². The van der Waals surface area contributed by atoms with Gasteiger partial charge in [-0.1, -0.05) is 41.9 Å². The van der Waals surface area contributed by atoms with Crippen LogP contribution in [0.15, 0.2) is 42.5 Å². The van der Waals surface area contributed by atoms with Crippen LogP contribution in [0.25, 0.3) is 0 Å². The quantitative estimate of drug-likeness (QED) is 0.804. The lowest BCUT2D eigenvalue weighted by Crippen LogP contribution is -2.37. The van der Waals surface area contributed by atoms with Crippen LogP contribution in [-0.2, 0) is 11.3 Å². The van der Waals surface area contributed by atoms with E-state index in [2.05, 4.69) is 10.6 Å². The highest BCUT2D eigenvalue weighted by molar-refractivity contribution is 6.32. The molecular weight excluding hydrogens is 328 g/mol. The third-order valence-corrected chi connectivity index (χ3v) is 3.84. The van der Waals surface area contributed by atoms with Gasteiger partial charge in [-0.15, -0.1) is 0 Å². The lowest BCUT2D eigenvalue weighted by atomic mass is 10.2. The molecular formula is C18H21ClN2O3. The molecule has 0 spiro atoms. The maximum absolute atomic E-state index is 12.3. The normalized spacial score (nSPS) is 11.5. The van der Waals surface area contributed by atoms with E-state index in [0.717, 1.165) is 5.56 Å². The molecule has 0 aliphatic carbocycles. The van der Waals surface area contributed by atoms with E-state index in [1.54, 1.807) is 26.2 Å². The predicted octanol–water partition coefficient (Wildman–Crippen LogP) is 3.47. The van der Waals surface area contributed by atoms with E-state index >= 15 is 0 Å². The minimum atomic E-state index is -0.452. The van der Waals surface area contributed by atoms with Crippen molar-refractivity contribution in [2.75, 3.05) is 19.5 Å². The van der Waals surface area contributed by atoms with E-state index in [4.69, 9.17) is 21.1 Å². The number of amides is 1. The molecule has 0 saturated carbocycles. The number of carbonyl (C=O) groups is 1. The number of anilines is 1. The van der Waals surface area contributed by atoms with Crippen molar-refractivity contribution in [1.29, 1.82) is 0 Å². The van der Waals surface area contributed by atoms with E-state index in [0.29, 0.717) is 28.8 Å². The molecule has 2 N–H and O–H groups in total. The molecule has 0 aliphatic heterocycles. The van der Waals surface area contributed by atoms with Crippen LogP contribution >= 0.6 is 11.6 Å². The highest BCUT2D eigenvalue weighted by Gasteiger charge is 2.16. The molecule has 2 aromatic carbocycles. The number of rotatable bonds is 7. The average Bonchev–Trinajstić information content (AvgIpc) is 2.60. The summed E-state index contributed by atoms with van der Waals surface area (Å²) in [5.41, 5.74) is 1.67. The summed E-state index contributed by atoms with van der Waals surface area (Å²) >= 11 is 6.14. The van der Waals surface area contributed by atoms with Gasteiger partial charge in [-0.25, -0.2) is 0 Å². The van der Waals surface area contributed by atoms with Crippen molar-refractivity contribution >= 4 is 23.2 Å². The zero-order chi connectivity index (χ0) is 17.5. The zero-order valence-corrected chi connectivity index (χ0v) is 14.7. The Kier molecular flexibility index (Phi) is 6.32. The Labute approximate surface area is 146 Å². The number of hydrogen-bond acceptors (Lipinski definition) is 4. The summed E-state index contributed by atoms with van der Waals surface area (Å²) in [5.74, 6) is 0.951. The Morgan fingerprint density at radius 3 is 2.42 bits per heavy atom. The highest BCUT2D eigenvalue weighted by atomic mass is 35.5. The van der Waals surface area contributed by atoms with Crippen LogP contribution in [0.3, 0.4) is 0 Å². The van der Waals surface area contributed by atoms with Crippen molar-refractivity contribution < 1.29 is 14.3 Å². The lowest BCUT2D eigenvalue weighted by Gasteiger charge is -2.18. The molecule has 2 rings (SSSR count). The van der Waals surface area contributed by atoms with Gasteiger partial charge in [0.05, 0.1) is 24.9 Å². The van der Waals surface area contributed by atoms with Crippen LogP contribution in [0.4, 0.5) is 5.69 Å². The second kappa shape index (κ2) is 8.45. The van der Waals surface area contributed by atoms with Gasteiger partial charge in [0.2, 0.25) is 5.91 Å². The van der Waals surface area contributed by atoms with Crippen LogP contribution in [0, 0.1) is 0 Å². The van der Waals surface area contributed by atoms with Crippen molar-refractivity contribution in [3.8, 4) is 11.5 Å². The summed E-state index contributed by atoms with van der Waals surface area (Å²) < 4.78 is 10.5. The summed E-state index contributed by atoms with van der Waals surface area (Å²) in [6.07, 6.45) is 0. The van der Waals surface area contributed by atoms with Crippen LogP contribution in [-0.4, -0.2) is 26.2 Å². The van der Waals surface area contributed by atoms with E-state index in [9.17, 15) is 4.79 Å². The standard InChI is InChI=1S/C18H21ClN2O3/c1-12(18(22)20-11-13-7-5-4-6-8-13)21-15-9-14(19)16(23-2)10-17(15)24-3/h4-10,12,21H,11H2,1-3H3,(H,20,22)/t12-/m1/s1. The zero-order valence-electron chi connectivity index (χ0n) is 13.9. The van der Waals surface area contributed by atoms with Crippen molar-refractivity contribution in [2.24, 2.45) is 0 Å². The van der Waals surface area contributed by atoms with E-state index in [-0.39, 0.29) is 5.91 Å². The molecule has 0 saturated heterocycles. The summed E-state index contributed by atoms with van der Waals surface area (Å²) in [7, 11) is 3.08. The summed E-state index contributed by atoms with van der Waals surface area (Å²) in [6.45, 7) is 2.25. The third kappa shape index (κ3) is 4.55. The smallest absolute Gasteiger partial charge is 0.242 e. The van der Waals surface area contributed by atoms with Gasteiger partial charge >= 0.3 is 0 Å². The Balaban J connectivity index is 2.01. The van der Waals surface area contributed by atoms with Gasteiger partial charge in [-0.3, -0.25) is 4.79 Å². The molecule has 0 bridgehead atoms. The molecule has 128 valence electrons. The van der Waals surface area contributed by atoms with Crippen LogP contribution in [0.1, 0.15) is 12.5 Å². The third-order valence-electron chi connectivity index (χ3n) is 3.55.